The van der Waals surface area contributed by atoms with Crippen LogP contribution < -0.4 is 10.2 Å². The Morgan fingerprint density at radius 2 is 1.64 bits per heavy atom. The Labute approximate surface area is 163 Å². The van der Waals surface area contributed by atoms with Crippen molar-refractivity contribution in [3.63, 3.8) is 0 Å². The molecule has 2 aliphatic carbocycles. The topological polar surface area (TPSA) is 66.5 Å². The Hall–Kier alpha value is -3.21. The summed E-state index contributed by atoms with van der Waals surface area (Å²) >= 11 is 0. The molecule has 2 bridgehead atoms. The summed E-state index contributed by atoms with van der Waals surface area (Å²) < 4.78 is 0. The van der Waals surface area contributed by atoms with E-state index >= 15 is 0 Å². The van der Waals surface area contributed by atoms with Crippen molar-refractivity contribution in [1.82, 2.24) is 0 Å². The van der Waals surface area contributed by atoms with Gasteiger partial charge in [0.1, 0.15) is 0 Å². The predicted octanol–water partition coefficient (Wildman–Crippen LogP) is 3.56. The maximum Gasteiger partial charge on any atom is 0.255 e. The van der Waals surface area contributed by atoms with Gasteiger partial charge in [0, 0.05) is 11.3 Å². The quantitative estimate of drug-likeness (QED) is 0.662. The third-order valence-electron chi connectivity index (χ3n) is 6.23. The highest BCUT2D eigenvalue weighted by Gasteiger charge is 2.59. The zero-order valence-electron chi connectivity index (χ0n) is 15.5. The first kappa shape index (κ1) is 16.9. The van der Waals surface area contributed by atoms with E-state index in [2.05, 4.69) is 17.5 Å². The van der Waals surface area contributed by atoms with Crippen molar-refractivity contribution in [3.05, 3.63) is 71.8 Å². The van der Waals surface area contributed by atoms with Crippen LogP contribution in [0.4, 0.5) is 11.4 Å². The highest BCUT2D eigenvalue weighted by Crippen LogP contribution is 2.53. The van der Waals surface area contributed by atoms with Gasteiger partial charge in [-0.2, -0.15) is 0 Å². The fraction of sp³-hybridized carbons (Fsp3) is 0.261. The number of amides is 3. The van der Waals surface area contributed by atoms with E-state index in [-0.39, 0.29) is 41.4 Å². The molecule has 28 heavy (non-hydrogen) atoms. The Kier molecular flexibility index (Phi) is 3.72. The first-order valence-electron chi connectivity index (χ1n) is 9.58. The Morgan fingerprint density at radius 1 is 0.964 bits per heavy atom. The van der Waals surface area contributed by atoms with Crippen molar-refractivity contribution in [2.45, 2.75) is 13.3 Å². The van der Waals surface area contributed by atoms with Crippen molar-refractivity contribution in [2.24, 2.45) is 23.7 Å². The first-order chi connectivity index (χ1) is 13.5. The molecule has 1 heterocycles. The molecule has 3 amide bonds. The largest absolute Gasteiger partial charge is 0.322 e. The molecule has 0 radical (unpaired) electrons. The fourth-order valence-corrected chi connectivity index (χ4v) is 4.85. The van der Waals surface area contributed by atoms with Gasteiger partial charge < -0.3 is 5.32 Å². The minimum absolute atomic E-state index is 0.136. The van der Waals surface area contributed by atoms with Crippen LogP contribution in [0, 0.1) is 30.6 Å². The van der Waals surface area contributed by atoms with Gasteiger partial charge in [0.05, 0.1) is 17.5 Å². The van der Waals surface area contributed by atoms with E-state index in [9.17, 15) is 14.4 Å². The number of para-hydroxylation sites is 1. The summed E-state index contributed by atoms with van der Waals surface area (Å²) in [5.74, 6) is -0.685. The molecule has 2 aromatic rings. The number of anilines is 2. The molecule has 140 valence electrons. The number of rotatable bonds is 3. The number of carbonyl (C=O) groups excluding carboxylic acids is 3. The molecular weight excluding hydrogens is 352 g/mol. The number of benzene rings is 2. The molecule has 1 N–H and O–H groups in total. The van der Waals surface area contributed by atoms with Crippen LogP contribution in [0.2, 0.25) is 0 Å². The zero-order valence-corrected chi connectivity index (χ0v) is 15.5. The van der Waals surface area contributed by atoms with Gasteiger partial charge in [0.25, 0.3) is 5.91 Å². The van der Waals surface area contributed by atoms with E-state index in [4.69, 9.17) is 0 Å². The summed E-state index contributed by atoms with van der Waals surface area (Å²) in [7, 11) is 0. The van der Waals surface area contributed by atoms with E-state index < -0.39 is 0 Å². The van der Waals surface area contributed by atoms with Crippen LogP contribution >= 0.6 is 0 Å². The van der Waals surface area contributed by atoms with E-state index in [1.54, 1.807) is 24.3 Å². The summed E-state index contributed by atoms with van der Waals surface area (Å²) in [5.41, 5.74) is 2.59. The van der Waals surface area contributed by atoms with E-state index in [1.165, 1.54) is 4.90 Å². The average molecular weight is 372 g/mol. The predicted molar refractivity (Wildman–Crippen MR) is 106 cm³/mol. The second-order valence-corrected chi connectivity index (χ2v) is 7.83. The lowest BCUT2D eigenvalue weighted by Crippen LogP contribution is -2.33. The smallest absolute Gasteiger partial charge is 0.255 e. The van der Waals surface area contributed by atoms with E-state index in [0.29, 0.717) is 11.3 Å². The van der Waals surface area contributed by atoms with Gasteiger partial charge in [-0.05, 0) is 55.0 Å². The Morgan fingerprint density at radius 3 is 2.32 bits per heavy atom. The molecule has 2 aromatic carbocycles. The molecular formula is C23H20N2O3. The number of hydrogen-bond acceptors (Lipinski definition) is 3. The number of allylic oxidation sites excluding steroid dienone is 2. The van der Waals surface area contributed by atoms with Crippen molar-refractivity contribution in [2.75, 3.05) is 10.2 Å². The van der Waals surface area contributed by atoms with Crippen LogP contribution in [0.3, 0.4) is 0 Å². The second-order valence-electron chi connectivity index (χ2n) is 7.83. The van der Waals surface area contributed by atoms with Crippen molar-refractivity contribution in [1.29, 1.82) is 0 Å². The van der Waals surface area contributed by atoms with Crippen LogP contribution in [0.15, 0.2) is 60.7 Å². The van der Waals surface area contributed by atoms with Crippen molar-refractivity contribution in [3.8, 4) is 0 Å². The van der Waals surface area contributed by atoms with Gasteiger partial charge in [-0.3, -0.25) is 14.4 Å². The number of imide groups is 1. The van der Waals surface area contributed by atoms with Crippen molar-refractivity contribution < 1.29 is 14.4 Å². The lowest BCUT2D eigenvalue weighted by Gasteiger charge is -2.18. The monoisotopic (exact) mass is 372 g/mol. The Bertz CT molecular complexity index is 1010. The van der Waals surface area contributed by atoms with Gasteiger partial charge in [-0.15, -0.1) is 0 Å². The van der Waals surface area contributed by atoms with Crippen molar-refractivity contribution >= 4 is 29.1 Å². The molecule has 0 aromatic heterocycles. The SMILES string of the molecule is Cc1ccccc1NC(=O)c1cccc(N2C(=O)[C@@H]3[C@@H](C2=O)[C@H]2C=C[C@H]3C2)c1. The summed E-state index contributed by atoms with van der Waals surface area (Å²) in [6.07, 6.45) is 5.05. The third-order valence-corrected chi connectivity index (χ3v) is 6.23. The number of nitrogens with zero attached hydrogens (tertiary/aromatic N) is 1. The molecule has 0 unspecified atom stereocenters. The lowest BCUT2D eigenvalue weighted by molar-refractivity contribution is -0.123. The number of hydrogen-bond donors (Lipinski definition) is 1. The minimum atomic E-state index is -0.267. The van der Waals surface area contributed by atoms with E-state index in [1.807, 2.05) is 31.2 Å². The zero-order chi connectivity index (χ0) is 19.4. The molecule has 5 rings (SSSR count). The van der Waals surface area contributed by atoms with Crippen LogP contribution in [-0.4, -0.2) is 17.7 Å². The summed E-state index contributed by atoms with van der Waals surface area (Å²) in [6, 6.07) is 14.3. The van der Waals surface area contributed by atoms with E-state index in [0.717, 1.165) is 17.7 Å². The number of nitrogens with one attached hydrogen (secondary N) is 1. The molecule has 5 nitrogen and oxygen atoms in total. The minimum Gasteiger partial charge on any atom is -0.322 e. The summed E-state index contributed by atoms with van der Waals surface area (Å²) in [5, 5.41) is 2.89. The molecule has 1 aliphatic heterocycles. The average Bonchev–Trinajstić information content (AvgIpc) is 3.37. The van der Waals surface area contributed by atoms with Crippen LogP contribution in [0.1, 0.15) is 22.3 Å². The third kappa shape index (κ3) is 2.43. The van der Waals surface area contributed by atoms with Gasteiger partial charge in [-0.25, -0.2) is 4.90 Å². The number of carbonyl (C=O) groups is 3. The van der Waals surface area contributed by atoms with Gasteiger partial charge >= 0.3 is 0 Å². The highest BCUT2D eigenvalue weighted by molar-refractivity contribution is 6.23. The number of fused-ring (bicyclic) bond motifs is 5. The first-order valence-corrected chi connectivity index (χ1v) is 9.58. The van der Waals surface area contributed by atoms with Crippen LogP contribution in [-0.2, 0) is 9.59 Å². The molecule has 3 aliphatic rings. The summed E-state index contributed by atoms with van der Waals surface area (Å²) in [4.78, 5) is 39.9. The normalized spacial score (nSPS) is 27.4. The fourth-order valence-electron chi connectivity index (χ4n) is 4.85. The highest BCUT2D eigenvalue weighted by atomic mass is 16.2. The van der Waals surface area contributed by atoms with Gasteiger partial charge in [0.15, 0.2) is 0 Å². The lowest BCUT2D eigenvalue weighted by atomic mass is 9.85. The molecule has 0 spiro atoms. The Balaban J connectivity index is 1.42. The van der Waals surface area contributed by atoms with Gasteiger partial charge in [-0.1, -0.05) is 36.4 Å². The van der Waals surface area contributed by atoms with Crippen LogP contribution in [0.25, 0.3) is 0 Å². The molecule has 2 fully saturated rings. The molecule has 5 heteroatoms. The standard InChI is InChI=1S/C23H20N2O3/c1-13-5-2-3-8-18(13)24-21(26)16-6-4-7-17(12-16)25-22(27)19-14-9-10-15(11-14)20(19)23(25)28/h2-10,12,14-15,19-20H,11H2,1H3,(H,24,26)/t14-,15-,19-,20-/m0/s1. The molecule has 4 atom stereocenters. The summed E-state index contributed by atoms with van der Waals surface area (Å²) in [6.45, 7) is 1.93. The molecule has 1 saturated heterocycles. The maximum atomic E-state index is 13.0. The molecule has 1 saturated carbocycles. The number of aryl methyl sites for hydroxylation is 1. The maximum absolute atomic E-state index is 13.0. The van der Waals surface area contributed by atoms with Gasteiger partial charge in [0.2, 0.25) is 11.8 Å². The van der Waals surface area contributed by atoms with Crippen LogP contribution in [0.5, 0.6) is 0 Å². The second kappa shape index (κ2) is 6.16.